The van der Waals surface area contributed by atoms with E-state index in [1.54, 1.807) is 0 Å². The Bertz CT molecular complexity index is 660. The molecular formula is C13H14F6N4O. The molecule has 2 rings (SSSR count). The average Bonchev–Trinajstić information content (AvgIpc) is 2.43. The average molecular weight is 356 g/mol. The summed E-state index contributed by atoms with van der Waals surface area (Å²) in [6.07, 6.45) is -8.49. The molecule has 2 N–H and O–H groups in total. The number of nitrogens with one attached hydrogen (secondary N) is 1. The molecule has 0 saturated heterocycles. The Kier molecular flexibility index (Phi) is 4.75. The van der Waals surface area contributed by atoms with Gasteiger partial charge >= 0.3 is 6.18 Å². The Labute approximate surface area is 132 Å². The second-order valence-corrected chi connectivity index (χ2v) is 5.43. The van der Waals surface area contributed by atoms with Crippen LogP contribution in [0.2, 0.25) is 0 Å². The number of anilines is 1. The van der Waals surface area contributed by atoms with Gasteiger partial charge in [-0.3, -0.25) is 0 Å². The first kappa shape index (κ1) is 18.4. The minimum Gasteiger partial charge on any atom is -0.380 e. The molecule has 1 aliphatic rings. The molecule has 5 nitrogen and oxygen atoms in total. The summed E-state index contributed by atoms with van der Waals surface area (Å²) >= 11 is 0. The molecule has 0 spiro atoms. The summed E-state index contributed by atoms with van der Waals surface area (Å²) < 4.78 is 78.3. The van der Waals surface area contributed by atoms with Crippen LogP contribution < -0.4 is 5.32 Å². The van der Waals surface area contributed by atoms with Crippen LogP contribution in [0.1, 0.15) is 31.4 Å². The van der Waals surface area contributed by atoms with Crippen LogP contribution in [0.3, 0.4) is 0 Å². The van der Waals surface area contributed by atoms with E-state index in [4.69, 9.17) is 0 Å². The third-order valence-electron chi connectivity index (χ3n) is 3.49. The highest BCUT2D eigenvalue weighted by atomic mass is 19.4. The molecule has 0 fully saturated rings. The molecular weight excluding hydrogens is 342 g/mol. The number of aromatic nitrogens is 3. The summed E-state index contributed by atoms with van der Waals surface area (Å²) in [5.41, 5.74) is -0.373. The first-order chi connectivity index (χ1) is 10.9. The highest BCUT2D eigenvalue weighted by Gasteiger charge is 2.46. The van der Waals surface area contributed by atoms with Crippen LogP contribution in [0.15, 0.2) is 5.83 Å². The van der Waals surface area contributed by atoms with Crippen molar-refractivity contribution < 1.29 is 31.4 Å². The first-order valence-electron chi connectivity index (χ1n) is 6.92. The van der Waals surface area contributed by atoms with Gasteiger partial charge in [0.15, 0.2) is 11.9 Å². The lowest BCUT2D eigenvalue weighted by molar-refractivity contribution is -0.138. The zero-order valence-electron chi connectivity index (χ0n) is 12.6. The van der Waals surface area contributed by atoms with Gasteiger partial charge in [-0.1, -0.05) is 0 Å². The monoisotopic (exact) mass is 356 g/mol. The zero-order valence-corrected chi connectivity index (χ0v) is 12.6. The quantitative estimate of drug-likeness (QED) is 0.815. The Balaban J connectivity index is 2.37. The molecule has 0 amide bonds. The second kappa shape index (κ2) is 6.19. The number of aliphatic hydroxyl groups is 1. The van der Waals surface area contributed by atoms with Gasteiger partial charge in [-0.15, -0.1) is 0 Å². The van der Waals surface area contributed by atoms with Crippen LogP contribution >= 0.6 is 0 Å². The Morgan fingerprint density at radius 2 is 1.88 bits per heavy atom. The number of aryl methyl sites for hydroxylation is 1. The van der Waals surface area contributed by atoms with Crippen LogP contribution in [0.25, 0.3) is 5.57 Å². The SMILES string of the molecule is Cc1nc(N[C@H](C)C(F)(F)F)nc(C2=C(F)C(O)C(F)(F)CC2)n1. The Hall–Kier alpha value is -1.91. The number of hydrogen-bond donors (Lipinski definition) is 2. The molecule has 1 aromatic rings. The van der Waals surface area contributed by atoms with Crippen molar-refractivity contribution in [1.82, 2.24) is 15.0 Å². The van der Waals surface area contributed by atoms with Gasteiger partial charge in [0.2, 0.25) is 5.95 Å². The topological polar surface area (TPSA) is 70.9 Å². The van der Waals surface area contributed by atoms with Crippen LogP contribution in [-0.4, -0.2) is 44.3 Å². The van der Waals surface area contributed by atoms with Crippen LogP contribution in [-0.2, 0) is 0 Å². The van der Waals surface area contributed by atoms with Gasteiger partial charge in [-0.25, -0.2) is 18.2 Å². The zero-order chi connectivity index (χ0) is 18.3. The maximum absolute atomic E-state index is 14.0. The van der Waals surface area contributed by atoms with Gasteiger partial charge in [0.05, 0.1) is 0 Å². The lowest BCUT2D eigenvalue weighted by Gasteiger charge is -2.27. The summed E-state index contributed by atoms with van der Waals surface area (Å²) in [4.78, 5) is 11.1. The maximum Gasteiger partial charge on any atom is 0.408 e. The Morgan fingerprint density at radius 3 is 2.46 bits per heavy atom. The lowest BCUT2D eigenvalue weighted by atomic mass is 9.92. The van der Waals surface area contributed by atoms with Gasteiger partial charge in [0, 0.05) is 12.0 Å². The highest BCUT2D eigenvalue weighted by Crippen LogP contribution is 2.40. The molecule has 1 heterocycles. The minimum absolute atomic E-state index is 0.0241. The van der Waals surface area contributed by atoms with Crippen molar-refractivity contribution >= 4 is 11.5 Å². The van der Waals surface area contributed by atoms with Gasteiger partial charge in [0.25, 0.3) is 5.92 Å². The smallest absolute Gasteiger partial charge is 0.380 e. The van der Waals surface area contributed by atoms with Crippen molar-refractivity contribution in [2.75, 3.05) is 5.32 Å². The number of rotatable bonds is 3. The summed E-state index contributed by atoms with van der Waals surface area (Å²) in [6, 6.07) is -1.98. The normalized spacial score (nSPS) is 22.5. The summed E-state index contributed by atoms with van der Waals surface area (Å²) in [6.45, 7) is 2.17. The molecule has 0 aliphatic heterocycles. The van der Waals surface area contributed by atoms with Crippen molar-refractivity contribution in [3.8, 4) is 0 Å². The molecule has 0 radical (unpaired) electrons. The highest BCUT2D eigenvalue weighted by molar-refractivity contribution is 5.65. The van der Waals surface area contributed by atoms with Gasteiger partial charge in [-0.2, -0.15) is 23.1 Å². The predicted molar refractivity (Wildman–Crippen MR) is 71.9 cm³/mol. The van der Waals surface area contributed by atoms with Crippen LogP contribution in [0.5, 0.6) is 0 Å². The van der Waals surface area contributed by atoms with E-state index < -0.39 is 48.9 Å². The third kappa shape index (κ3) is 3.77. The van der Waals surface area contributed by atoms with E-state index in [0.717, 1.165) is 6.92 Å². The van der Waals surface area contributed by atoms with E-state index >= 15 is 0 Å². The lowest BCUT2D eigenvalue weighted by Crippen LogP contribution is -2.37. The number of aliphatic hydroxyl groups excluding tert-OH is 1. The Morgan fingerprint density at radius 1 is 1.25 bits per heavy atom. The summed E-state index contributed by atoms with van der Waals surface area (Å²) in [5, 5.41) is 11.3. The molecule has 24 heavy (non-hydrogen) atoms. The fraction of sp³-hybridized carbons (Fsp3) is 0.615. The number of nitrogens with zero attached hydrogens (tertiary/aromatic N) is 3. The summed E-state index contributed by atoms with van der Waals surface area (Å²) in [5.74, 6) is -5.99. The minimum atomic E-state index is -4.56. The number of alkyl halides is 5. The van der Waals surface area contributed by atoms with Gasteiger partial charge in [0.1, 0.15) is 17.7 Å². The van der Waals surface area contributed by atoms with Crippen molar-refractivity contribution in [3.63, 3.8) is 0 Å². The molecule has 11 heteroatoms. The number of allylic oxidation sites excluding steroid dienone is 1. The number of hydrogen-bond acceptors (Lipinski definition) is 5. The molecule has 1 aliphatic carbocycles. The maximum atomic E-state index is 14.0. The van der Waals surface area contributed by atoms with E-state index in [9.17, 15) is 31.4 Å². The third-order valence-corrected chi connectivity index (χ3v) is 3.49. The standard InChI is InChI=1S/C13H14F6N4O/c1-5(13(17,18)19)20-11-22-6(2)21-10(23-11)7-3-4-12(15,16)9(24)8(7)14/h5,9,24H,3-4H2,1-2H3,(H,20,21,22,23)/t5-,9?/m1/s1. The first-order valence-corrected chi connectivity index (χ1v) is 6.92. The number of halogens is 6. The van der Waals surface area contributed by atoms with Crippen molar-refractivity contribution in [2.24, 2.45) is 0 Å². The second-order valence-electron chi connectivity index (χ2n) is 5.43. The molecule has 1 unspecified atom stereocenters. The van der Waals surface area contributed by atoms with E-state index in [2.05, 4.69) is 15.0 Å². The van der Waals surface area contributed by atoms with E-state index in [0.29, 0.717) is 0 Å². The van der Waals surface area contributed by atoms with Crippen LogP contribution in [0.4, 0.5) is 32.3 Å². The van der Waals surface area contributed by atoms with Crippen LogP contribution in [0, 0.1) is 6.92 Å². The molecule has 2 atom stereocenters. The molecule has 0 bridgehead atoms. The van der Waals surface area contributed by atoms with E-state index in [1.807, 2.05) is 5.32 Å². The molecule has 0 aromatic carbocycles. The van der Waals surface area contributed by atoms with Crippen molar-refractivity contribution in [2.45, 2.75) is 50.9 Å². The molecule has 134 valence electrons. The summed E-state index contributed by atoms with van der Waals surface area (Å²) in [7, 11) is 0. The fourth-order valence-corrected chi connectivity index (χ4v) is 2.07. The fourth-order valence-electron chi connectivity index (χ4n) is 2.07. The van der Waals surface area contributed by atoms with Gasteiger partial charge < -0.3 is 10.4 Å². The van der Waals surface area contributed by atoms with Gasteiger partial charge in [-0.05, 0) is 20.3 Å². The van der Waals surface area contributed by atoms with E-state index in [-0.39, 0.29) is 17.2 Å². The van der Waals surface area contributed by atoms with Crippen molar-refractivity contribution in [3.05, 3.63) is 17.5 Å². The predicted octanol–water partition coefficient (Wildman–Crippen LogP) is 3.01. The van der Waals surface area contributed by atoms with E-state index in [1.165, 1.54) is 6.92 Å². The van der Waals surface area contributed by atoms with Crippen molar-refractivity contribution in [1.29, 1.82) is 0 Å². The largest absolute Gasteiger partial charge is 0.408 e. The molecule has 0 saturated carbocycles. The molecule has 1 aromatic heterocycles.